The highest BCUT2D eigenvalue weighted by molar-refractivity contribution is 7.98. The van der Waals surface area contributed by atoms with Crippen LogP contribution in [-0.2, 0) is 12.3 Å². The highest BCUT2D eigenvalue weighted by Crippen LogP contribution is 2.27. The predicted octanol–water partition coefficient (Wildman–Crippen LogP) is 4.35. The van der Waals surface area contributed by atoms with Crippen LogP contribution in [0.1, 0.15) is 24.5 Å². The molecule has 1 aromatic carbocycles. The summed E-state index contributed by atoms with van der Waals surface area (Å²) in [6, 6.07) is 12.4. The van der Waals surface area contributed by atoms with E-state index in [1.165, 1.54) is 11.1 Å². The first-order chi connectivity index (χ1) is 11.3. The van der Waals surface area contributed by atoms with Crippen LogP contribution in [0.2, 0.25) is 0 Å². The molecule has 0 atom stereocenters. The van der Waals surface area contributed by atoms with Crippen molar-refractivity contribution in [1.29, 1.82) is 0 Å². The average molecular weight is 324 g/mol. The van der Waals surface area contributed by atoms with Crippen LogP contribution in [0.4, 0.5) is 0 Å². The quantitative estimate of drug-likeness (QED) is 0.632. The van der Waals surface area contributed by atoms with E-state index in [1.807, 2.05) is 12.1 Å². The Balaban J connectivity index is 1.85. The molecule has 0 bridgehead atoms. The number of hydrogen-bond acceptors (Lipinski definition) is 4. The van der Waals surface area contributed by atoms with Gasteiger partial charge in [-0.1, -0.05) is 43.0 Å². The van der Waals surface area contributed by atoms with Gasteiger partial charge in [-0.15, -0.1) is 10.2 Å². The average Bonchev–Trinajstić information content (AvgIpc) is 2.98. The first-order valence-electron chi connectivity index (χ1n) is 7.80. The minimum atomic E-state index is 0.908. The van der Waals surface area contributed by atoms with Gasteiger partial charge < -0.3 is 4.57 Å². The number of rotatable bonds is 6. The lowest BCUT2D eigenvalue weighted by Crippen LogP contribution is -2.02. The van der Waals surface area contributed by atoms with Crippen molar-refractivity contribution in [3.8, 4) is 11.4 Å². The van der Waals surface area contributed by atoms with Crippen LogP contribution in [-0.4, -0.2) is 19.7 Å². The normalized spacial score (nSPS) is 10.9. The predicted molar refractivity (Wildman–Crippen MR) is 94.3 cm³/mol. The third kappa shape index (κ3) is 3.62. The van der Waals surface area contributed by atoms with Crippen LogP contribution in [0.5, 0.6) is 0 Å². The Morgan fingerprint density at radius 1 is 1.04 bits per heavy atom. The summed E-state index contributed by atoms with van der Waals surface area (Å²) in [5.41, 5.74) is 3.72. The molecule has 3 rings (SSSR count). The number of hydrogen-bond donors (Lipinski definition) is 0. The van der Waals surface area contributed by atoms with Crippen molar-refractivity contribution in [3.63, 3.8) is 0 Å². The lowest BCUT2D eigenvalue weighted by molar-refractivity contribution is 0.626. The minimum absolute atomic E-state index is 0.908. The molecule has 0 aliphatic heterocycles. The zero-order valence-corrected chi connectivity index (χ0v) is 14.3. The highest BCUT2D eigenvalue weighted by atomic mass is 32.2. The third-order valence-electron chi connectivity index (χ3n) is 3.72. The molecule has 23 heavy (non-hydrogen) atoms. The Labute approximate surface area is 141 Å². The Hall–Kier alpha value is -2.14. The van der Waals surface area contributed by atoms with Crippen LogP contribution < -0.4 is 0 Å². The van der Waals surface area contributed by atoms with Gasteiger partial charge in [-0.2, -0.15) is 0 Å². The van der Waals surface area contributed by atoms with Crippen molar-refractivity contribution in [2.45, 2.75) is 37.7 Å². The van der Waals surface area contributed by atoms with E-state index in [0.717, 1.165) is 35.3 Å². The Bertz CT molecular complexity index is 768. The van der Waals surface area contributed by atoms with E-state index >= 15 is 0 Å². The molecule has 118 valence electrons. The van der Waals surface area contributed by atoms with Crippen LogP contribution in [0, 0.1) is 6.92 Å². The van der Waals surface area contributed by atoms with Crippen LogP contribution in [0.25, 0.3) is 11.4 Å². The van der Waals surface area contributed by atoms with Gasteiger partial charge in [-0.3, -0.25) is 4.98 Å². The van der Waals surface area contributed by atoms with Gasteiger partial charge in [0.2, 0.25) is 0 Å². The summed E-state index contributed by atoms with van der Waals surface area (Å²) >= 11 is 1.74. The zero-order chi connectivity index (χ0) is 16.1. The summed E-state index contributed by atoms with van der Waals surface area (Å²) in [7, 11) is 0. The maximum atomic E-state index is 4.41. The van der Waals surface area contributed by atoms with E-state index in [9.17, 15) is 0 Å². The van der Waals surface area contributed by atoms with Gasteiger partial charge in [0.1, 0.15) is 0 Å². The number of benzene rings is 1. The van der Waals surface area contributed by atoms with E-state index in [2.05, 4.69) is 57.9 Å². The van der Waals surface area contributed by atoms with Gasteiger partial charge >= 0.3 is 0 Å². The van der Waals surface area contributed by atoms with Gasteiger partial charge in [0.05, 0.1) is 0 Å². The fourth-order valence-corrected chi connectivity index (χ4v) is 3.49. The fourth-order valence-electron chi connectivity index (χ4n) is 2.45. The fraction of sp³-hybridized carbons (Fsp3) is 0.278. The van der Waals surface area contributed by atoms with Crippen LogP contribution in [0.15, 0.2) is 53.9 Å². The summed E-state index contributed by atoms with van der Waals surface area (Å²) in [5, 5.41) is 9.79. The molecular formula is C18H20N4S. The van der Waals surface area contributed by atoms with E-state index < -0.39 is 0 Å². The van der Waals surface area contributed by atoms with E-state index in [1.54, 1.807) is 24.2 Å². The largest absolute Gasteiger partial charge is 0.302 e. The second kappa shape index (κ2) is 7.42. The molecule has 0 saturated heterocycles. The smallest absolute Gasteiger partial charge is 0.191 e. The molecule has 0 amide bonds. The van der Waals surface area contributed by atoms with Crippen molar-refractivity contribution >= 4 is 11.8 Å². The van der Waals surface area contributed by atoms with Crippen molar-refractivity contribution in [3.05, 3.63) is 59.9 Å². The second-order valence-corrected chi connectivity index (χ2v) is 6.35. The SMILES string of the molecule is CCCn1c(SCc2ccccc2C)nnc1-c1ccncc1. The monoisotopic (exact) mass is 324 g/mol. The summed E-state index contributed by atoms with van der Waals surface area (Å²) in [5.74, 6) is 1.83. The molecular weight excluding hydrogens is 304 g/mol. The molecule has 2 aromatic heterocycles. The van der Waals surface area contributed by atoms with E-state index in [4.69, 9.17) is 0 Å². The van der Waals surface area contributed by atoms with Crippen molar-refractivity contribution < 1.29 is 0 Å². The lowest BCUT2D eigenvalue weighted by Gasteiger charge is -2.09. The second-order valence-electron chi connectivity index (χ2n) is 5.41. The Morgan fingerprint density at radius 2 is 1.83 bits per heavy atom. The maximum absolute atomic E-state index is 4.41. The Morgan fingerprint density at radius 3 is 2.57 bits per heavy atom. The topological polar surface area (TPSA) is 43.6 Å². The molecule has 3 aromatic rings. The summed E-state index contributed by atoms with van der Waals surface area (Å²) in [6.45, 7) is 5.24. The standard InChI is InChI=1S/C18H20N4S/c1-3-12-22-17(15-8-10-19-11-9-15)20-21-18(22)23-13-16-7-5-4-6-14(16)2/h4-11H,3,12-13H2,1-2H3. The first-order valence-corrected chi connectivity index (χ1v) is 8.79. The summed E-state index contributed by atoms with van der Waals surface area (Å²) < 4.78 is 2.21. The van der Waals surface area contributed by atoms with E-state index in [-0.39, 0.29) is 0 Å². The number of pyridine rings is 1. The molecule has 0 spiro atoms. The van der Waals surface area contributed by atoms with Gasteiger partial charge in [0.25, 0.3) is 0 Å². The van der Waals surface area contributed by atoms with Gasteiger partial charge in [0.15, 0.2) is 11.0 Å². The van der Waals surface area contributed by atoms with Crippen molar-refractivity contribution in [1.82, 2.24) is 19.7 Å². The van der Waals surface area contributed by atoms with E-state index in [0.29, 0.717) is 0 Å². The number of thioether (sulfide) groups is 1. The number of aryl methyl sites for hydroxylation is 1. The zero-order valence-electron chi connectivity index (χ0n) is 13.4. The molecule has 0 N–H and O–H groups in total. The van der Waals surface area contributed by atoms with Crippen molar-refractivity contribution in [2.75, 3.05) is 0 Å². The van der Waals surface area contributed by atoms with Gasteiger partial charge in [-0.25, -0.2) is 0 Å². The third-order valence-corrected chi connectivity index (χ3v) is 4.74. The number of aromatic nitrogens is 4. The summed E-state index contributed by atoms with van der Waals surface area (Å²) in [4.78, 5) is 4.08. The molecule has 5 heteroatoms. The van der Waals surface area contributed by atoms with Gasteiger partial charge in [0, 0.05) is 30.3 Å². The Kier molecular flexibility index (Phi) is 5.08. The molecule has 4 nitrogen and oxygen atoms in total. The molecule has 0 unspecified atom stereocenters. The highest BCUT2D eigenvalue weighted by Gasteiger charge is 2.14. The maximum Gasteiger partial charge on any atom is 0.191 e. The summed E-state index contributed by atoms with van der Waals surface area (Å²) in [6.07, 6.45) is 4.63. The number of nitrogens with zero attached hydrogens (tertiary/aromatic N) is 4. The molecule has 2 heterocycles. The first kappa shape index (κ1) is 15.7. The van der Waals surface area contributed by atoms with Gasteiger partial charge in [-0.05, 0) is 36.6 Å². The minimum Gasteiger partial charge on any atom is -0.302 e. The van der Waals surface area contributed by atoms with Crippen LogP contribution in [0.3, 0.4) is 0 Å². The van der Waals surface area contributed by atoms with Crippen LogP contribution >= 0.6 is 11.8 Å². The van der Waals surface area contributed by atoms with Crippen molar-refractivity contribution in [2.24, 2.45) is 0 Å². The molecule has 0 aliphatic rings. The molecule has 0 radical (unpaired) electrons. The molecule has 0 fully saturated rings. The molecule has 0 saturated carbocycles. The molecule has 0 aliphatic carbocycles. The lowest BCUT2D eigenvalue weighted by atomic mass is 10.1.